The SMILES string of the molecule is O=C(CCS(=O)(=O)c1cccs1)NCCC1=CCCCC1. The van der Waals surface area contributed by atoms with Crippen molar-refractivity contribution in [2.45, 2.75) is 42.7 Å². The molecule has 1 aliphatic rings. The Morgan fingerprint density at radius 3 is 2.86 bits per heavy atom. The van der Waals surface area contributed by atoms with Crippen LogP contribution in [-0.2, 0) is 14.6 Å². The standard InChI is InChI=1S/C15H21NO3S2/c17-14(16-10-8-13-5-2-1-3-6-13)9-12-21(18,19)15-7-4-11-20-15/h4-5,7,11H,1-3,6,8-10,12H2,(H,16,17). The van der Waals surface area contributed by atoms with E-state index in [2.05, 4.69) is 11.4 Å². The fourth-order valence-electron chi connectivity index (χ4n) is 2.35. The van der Waals surface area contributed by atoms with Crippen LogP contribution in [0.2, 0.25) is 0 Å². The van der Waals surface area contributed by atoms with E-state index in [-0.39, 0.29) is 18.1 Å². The van der Waals surface area contributed by atoms with Gasteiger partial charge in [0.15, 0.2) is 9.84 Å². The Labute approximate surface area is 130 Å². The monoisotopic (exact) mass is 327 g/mol. The summed E-state index contributed by atoms with van der Waals surface area (Å²) in [6.45, 7) is 0.601. The first kappa shape index (κ1) is 16.2. The van der Waals surface area contributed by atoms with Gasteiger partial charge in [-0.2, -0.15) is 0 Å². The van der Waals surface area contributed by atoms with Crippen molar-refractivity contribution in [3.8, 4) is 0 Å². The van der Waals surface area contributed by atoms with E-state index >= 15 is 0 Å². The summed E-state index contributed by atoms with van der Waals surface area (Å²) in [7, 11) is -3.31. The van der Waals surface area contributed by atoms with Gasteiger partial charge in [0.05, 0.1) is 5.75 Å². The van der Waals surface area contributed by atoms with Crippen LogP contribution >= 0.6 is 11.3 Å². The number of thiophene rings is 1. The summed E-state index contributed by atoms with van der Waals surface area (Å²) in [4.78, 5) is 11.7. The van der Waals surface area contributed by atoms with Crippen molar-refractivity contribution >= 4 is 27.1 Å². The van der Waals surface area contributed by atoms with E-state index in [4.69, 9.17) is 0 Å². The molecule has 0 spiro atoms. The average molecular weight is 327 g/mol. The van der Waals surface area contributed by atoms with Crippen LogP contribution in [0.1, 0.15) is 38.5 Å². The fourth-order valence-corrected chi connectivity index (χ4v) is 4.74. The largest absolute Gasteiger partial charge is 0.356 e. The number of nitrogens with one attached hydrogen (secondary N) is 1. The van der Waals surface area contributed by atoms with E-state index in [0.29, 0.717) is 10.8 Å². The Hall–Kier alpha value is -1.14. The van der Waals surface area contributed by atoms with Crippen molar-refractivity contribution < 1.29 is 13.2 Å². The topological polar surface area (TPSA) is 63.2 Å². The van der Waals surface area contributed by atoms with Crippen LogP contribution in [0.5, 0.6) is 0 Å². The number of amides is 1. The molecule has 21 heavy (non-hydrogen) atoms. The minimum atomic E-state index is -3.31. The lowest BCUT2D eigenvalue weighted by Gasteiger charge is -2.12. The van der Waals surface area contributed by atoms with Gasteiger partial charge in [-0.3, -0.25) is 4.79 Å². The van der Waals surface area contributed by atoms with Crippen LogP contribution in [0, 0.1) is 0 Å². The molecule has 1 aromatic heterocycles. The average Bonchev–Trinajstić information content (AvgIpc) is 3.01. The highest BCUT2D eigenvalue weighted by molar-refractivity contribution is 7.93. The number of allylic oxidation sites excluding steroid dienone is 1. The van der Waals surface area contributed by atoms with Crippen LogP contribution in [0.4, 0.5) is 0 Å². The van der Waals surface area contributed by atoms with Gasteiger partial charge in [-0.25, -0.2) is 8.42 Å². The highest BCUT2D eigenvalue weighted by atomic mass is 32.2. The number of rotatable bonds is 7. The zero-order valence-corrected chi connectivity index (χ0v) is 13.6. The molecular formula is C15H21NO3S2. The molecule has 4 nitrogen and oxygen atoms in total. The van der Waals surface area contributed by atoms with Crippen LogP contribution < -0.4 is 5.32 Å². The van der Waals surface area contributed by atoms with E-state index in [0.717, 1.165) is 19.3 Å². The molecule has 0 unspecified atom stereocenters. The van der Waals surface area contributed by atoms with E-state index in [1.165, 1.54) is 29.8 Å². The molecule has 1 heterocycles. The zero-order valence-electron chi connectivity index (χ0n) is 12.0. The van der Waals surface area contributed by atoms with Gasteiger partial charge in [-0.05, 0) is 43.6 Å². The van der Waals surface area contributed by atoms with E-state index in [1.807, 2.05) is 0 Å². The number of hydrogen-bond donors (Lipinski definition) is 1. The van der Waals surface area contributed by atoms with Gasteiger partial charge in [0, 0.05) is 13.0 Å². The molecule has 1 aliphatic carbocycles. The predicted molar refractivity (Wildman–Crippen MR) is 85.2 cm³/mol. The summed E-state index contributed by atoms with van der Waals surface area (Å²) >= 11 is 1.19. The first-order valence-electron chi connectivity index (χ1n) is 7.29. The molecule has 0 saturated heterocycles. The summed E-state index contributed by atoms with van der Waals surface area (Å²) < 4.78 is 24.2. The number of sulfone groups is 1. The van der Waals surface area contributed by atoms with Gasteiger partial charge in [-0.1, -0.05) is 17.7 Å². The first-order chi connectivity index (χ1) is 10.1. The maximum atomic E-state index is 11.9. The van der Waals surface area contributed by atoms with E-state index in [1.54, 1.807) is 17.5 Å². The molecule has 0 fully saturated rings. The molecule has 0 radical (unpaired) electrons. The molecule has 1 aromatic rings. The third kappa shape index (κ3) is 5.28. The van der Waals surface area contributed by atoms with Gasteiger partial charge in [-0.15, -0.1) is 11.3 Å². The third-order valence-corrected chi connectivity index (χ3v) is 6.76. The second kappa shape index (κ2) is 7.75. The van der Waals surface area contributed by atoms with Crippen LogP contribution in [0.3, 0.4) is 0 Å². The molecule has 6 heteroatoms. The maximum absolute atomic E-state index is 11.9. The van der Waals surface area contributed by atoms with Crippen LogP contribution in [0.25, 0.3) is 0 Å². The molecule has 0 atom stereocenters. The van der Waals surface area contributed by atoms with Crippen LogP contribution in [0.15, 0.2) is 33.4 Å². The number of hydrogen-bond acceptors (Lipinski definition) is 4. The van der Waals surface area contributed by atoms with Gasteiger partial charge >= 0.3 is 0 Å². The molecule has 0 aromatic carbocycles. The number of carbonyl (C=O) groups excluding carboxylic acids is 1. The van der Waals surface area contributed by atoms with E-state index in [9.17, 15) is 13.2 Å². The number of carbonyl (C=O) groups is 1. The summed E-state index contributed by atoms with van der Waals surface area (Å²) in [5.74, 6) is -0.311. The molecular weight excluding hydrogens is 306 g/mol. The summed E-state index contributed by atoms with van der Waals surface area (Å²) in [5, 5.41) is 4.53. The van der Waals surface area contributed by atoms with Crippen molar-refractivity contribution in [3.05, 3.63) is 29.2 Å². The molecule has 0 aliphatic heterocycles. The maximum Gasteiger partial charge on any atom is 0.221 e. The highest BCUT2D eigenvalue weighted by Gasteiger charge is 2.17. The Balaban J connectivity index is 1.69. The lowest BCUT2D eigenvalue weighted by molar-refractivity contribution is -0.120. The van der Waals surface area contributed by atoms with Crippen molar-refractivity contribution in [1.29, 1.82) is 0 Å². The second-order valence-corrected chi connectivity index (χ2v) is 8.49. The second-order valence-electron chi connectivity index (χ2n) is 5.21. The molecule has 0 saturated carbocycles. The lowest BCUT2D eigenvalue weighted by atomic mass is 9.97. The van der Waals surface area contributed by atoms with Crippen molar-refractivity contribution in [3.63, 3.8) is 0 Å². The smallest absolute Gasteiger partial charge is 0.221 e. The predicted octanol–water partition coefficient (Wildman–Crippen LogP) is 2.92. The lowest BCUT2D eigenvalue weighted by Crippen LogP contribution is -2.26. The quantitative estimate of drug-likeness (QED) is 0.783. The van der Waals surface area contributed by atoms with Gasteiger partial charge in [0.25, 0.3) is 0 Å². The molecule has 116 valence electrons. The van der Waals surface area contributed by atoms with Gasteiger partial charge in [0.2, 0.25) is 5.91 Å². The third-order valence-electron chi connectivity index (χ3n) is 3.55. The van der Waals surface area contributed by atoms with Gasteiger partial charge in [0.1, 0.15) is 4.21 Å². The molecule has 1 amide bonds. The Morgan fingerprint density at radius 1 is 1.33 bits per heavy atom. The summed E-state index contributed by atoms with van der Waals surface area (Å²) in [6, 6.07) is 3.28. The Morgan fingerprint density at radius 2 is 2.19 bits per heavy atom. The minimum Gasteiger partial charge on any atom is -0.356 e. The first-order valence-corrected chi connectivity index (χ1v) is 9.82. The molecule has 0 bridgehead atoms. The molecule has 2 rings (SSSR count). The Kier molecular flexibility index (Phi) is 5.99. The fraction of sp³-hybridized carbons (Fsp3) is 0.533. The zero-order chi connectivity index (χ0) is 15.1. The van der Waals surface area contributed by atoms with Crippen molar-refractivity contribution in [2.24, 2.45) is 0 Å². The molecule has 1 N–H and O–H groups in total. The van der Waals surface area contributed by atoms with Crippen molar-refractivity contribution in [2.75, 3.05) is 12.3 Å². The highest BCUT2D eigenvalue weighted by Crippen LogP contribution is 2.20. The van der Waals surface area contributed by atoms with Gasteiger partial charge < -0.3 is 5.32 Å². The van der Waals surface area contributed by atoms with Crippen molar-refractivity contribution in [1.82, 2.24) is 5.32 Å². The van der Waals surface area contributed by atoms with Crippen LogP contribution in [-0.4, -0.2) is 26.6 Å². The summed E-state index contributed by atoms with van der Waals surface area (Å²) in [5.41, 5.74) is 1.41. The Bertz CT molecular complexity index is 588. The summed E-state index contributed by atoms with van der Waals surface area (Å²) in [6.07, 6.45) is 7.93. The minimum absolute atomic E-state index is 0.0271. The normalized spacial score (nSPS) is 15.5. The van der Waals surface area contributed by atoms with E-state index < -0.39 is 9.84 Å².